The molecule has 0 aliphatic rings. The van der Waals surface area contributed by atoms with Gasteiger partial charge in [-0.15, -0.1) is 0 Å². The number of benzene rings is 2. The largest absolute Gasteiger partial charge is 0.497 e. The Hall–Kier alpha value is -3.17. The molecular formula is C19H20N4O4S. The number of sulfonamides is 1. The second-order valence-electron chi connectivity index (χ2n) is 5.88. The van der Waals surface area contributed by atoms with Crippen LogP contribution in [0.15, 0.2) is 65.7 Å². The Morgan fingerprint density at radius 2 is 1.89 bits per heavy atom. The first kappa shape index (κ1) is 19.6. The molecule has 1 aromatic heterocycles. The van der Waals surface area contributed by atoms with Crippen LogP contribution in [0.4, 0.5) is 0 Å². The van der Waals surface area contributed by atoms with Crippen LogP contribution < -0.4 is 14.8 Å². The third-order valence-corrected chi connectivity index (χ3v) is 5.50. The Labute approximate surface area is 163 Å². The minimum Gasteiger partial charge on any atom is -0.497 e. The average molecular weight is 400 g/mol. The predicted octanol–water partition coefficient (Wildman–Crippen LogP) is 1.72. The normalized spacial score (nSPS) is 11.2. The summed E-state index contributed by atoms with van der Waals surface area (Å²) in [6.45, 7) is 0.182. The summed E-state index contributed by atoms with van der Waals surface area (Å²) in [5.74, 6) is 0.380. The summed E-state index contributed by atoms with van der Waals surface area (Å²) < 4.78 is 32.7. The number of methoxy groups -OCH3 is 1. The number of nitrogens with zero attached hydrogens (tertiary/aromatic N) is 2. The monoisotopic (exact) mass is 400 g/mol. The van der Waals surface area contributed by atoms with Gasteiger partial charge in [0.05, 0.1) is 17.7 Å². The predicted molar refractivity (Wildman–Crippen MR) is 104 cm³/mol. The SMILES string of the molecule is CNS(=O)(=O)c1cccc(CNC(=O)c2ccn(-c3ccc(OC)cc3)n2)c1. The second-order valence-corrected chi connectivity index (χ2v) is 7.77. The highest BCUT2D eigenvalue weighted by Gasteiger charge is 2.13. The maximum Gasteiger partial charge on any atom is 0.272 e. The van der Waals surface area contributed by atoms with Crippen LogP contribution in [-0.2, 0) is 16.6 Å². The van der Waals surface area contributed by atoms with E-state index in [4.69, 9.17) is 4.74 Å². The fourth-order valence-electron chi connectivity index (χ4n) is 2.54. The number of nitrogens with one attached hydrogen (secondary N) is 2. The van der Waals surface area contributed by atoms with Gasteiger partial charge in [-0.05, 0) is 55.1 Å². The van der Waals surface area contributed by atoms with Gasteiger partial charge >= 0.3 is 0 Å². The van der Waals surface area contributed by atoms with E-state index in [2.05, 4.69) is 15.1 Å². The van der Waals surface area contributed by atoms with E-state index < -0.39 is 10.0 Å². The van der Waals surface area contributed by atoms with Crippen molar-refractivity contribution in [1.29, 1.82) is 0 Å². The van der Waals surface area contributed by atoms with E-state index >= 15 is 0 Å². The van der Waals surface area contributed by atoms with Gasteiger partial charge in [-0.2, -0.15) is 5.10 Å². The quantitative estimate of drug-likeness (QED) is 0.629. The Balaban J connectivity index is 1.67. The first-order valence-electron chi connectivity index (χ1n) is 8.44. The van der Waals surface area contributed by atoms with Crippen LogP contribution in [0.3, 0.4) is 0 Å². The van der Waals surface area contributed by atoms with E-state index in [1.165, 1.54) is 19.2 Å². The molecule has 0 aliphatic heterocycles. The first-order valence-corrected chi connectivity index (χ1v) is 9.92. The number of aromatic nitrogens is 2. The van der Waals surface area contributed by atoms with Gasteiger partial charge in [0.15, 0.2) is 5.69 Å². The zero-order valence-electron chi connectivity index (χ0n) is 15.4. The second kappa shape index (κ2) is 8.24. The van der Waals surface area contributed by atoms with Gasteiger partial charge in [0, 0.05) is 12.7 Å². The molecule has 3 rings (SSSR count). The smallest absolute Gasteiger partial charge is 0.272 e. The van der Waals surface area contributed by atoms with Gasteiger partial charge in [0.25, 0.3) is 5.91 Å². The van der Waals surface area contributed by atoms with Crippen LogP contribution >= 0.6 is 0 Å². The van der Waals surface area contributed by atoms with Crippen molar-refractivity contribution in [1.82, 2.24) is 19.8 Å². The Bertz CT molecular complexity index is 1080. The van der Waals surface area contributed by atoms with Crippen molar-refractivity contribution in [3.05, 3.63) is 72.1 Å². The standard InChI is InChI=1S/C19H20N4O4S/c1-20-28(25,26)17-5-3-4-14(12-17)13-21-19(24)18-10-11-23(22-18)15-6-8-16(27-2)9-7-15/h3-12,20H,13H2,1-2H3,(H,21,24). The fourth-order valence-corrected chi connectivity index (χ4v) is 3.34. The van der Waals surface area contributed by atoms with E-state index in [0.717, 1.165) is 11.4 Å². The summed E-state index contributed by atoms with van der Waals surface area (Å²) in [6, 6.07) is 15.3. The Kier molecular flexibility index (Phi) is 5.76. The van der Waals surface area contributed by atoms with Gasteiger partial charge in [-0.25, -0.2) is 17.8 Å². The summed E-state index contributed by atoms with van der Waals surface area (Å²) in [7, 11) is -0.589. The topological polar surface area (TPSA) is 102 Å². The zero-order valence-corrected chi connectivity index (χ0v) is 16.2. The molecule has 0 radical (unpaired) electrons. The molecule has 1 amide bonds. The van der Waals surface area contributed by atoms with Crippen molar-refractivity contribution in [3.8, 4) is 11.4 Å². The maximum atomic E-state index is 12.4. The van der Waals surface area contributed by atoms with Gasteiger partial charge in [-0.3, -0.25) is 4.79 Å². The molecule has 2 N–H and O–H groups in total. The van der Waals surface area contributed by atoms with Crippen molar-refractivity contribution in [2.45, 2.75) is 11.4 Å². The molecule has 9 heteroatoms. The van der Waals surface area contributed by atoms with Crippen LogP contribution in [0.1, 0.15) is 16.1 Å². The lowest BCUT2D eigenvalue weighted by Gasteiger charge is -2.07. The number of rotatable bonds is 7. The van der Waals surface area contributed by atoms with Crippen molar-refractivity contribution in [3.63, 3.8) is 0 Å². The van der Waals surface area contributed by atoms with Crippen LogP contribution in [0, 0.1) is 0 Å². The lowest BCUT2D eigenvalue weighted by molar-refractivity contribution is 0.0945. The van der Waals surface area contributed by atoms with Gasteiger partial charge in [0.2, 0.25) is 10.0 Å². The molecule has 146 valence electrons. The number of hydrogen-bond acceptors (Lipinski definition) is 5. The third-order valence-electron chi connectivity index (χ3n) is 4.09. The Morgan fingerprint density at radius 1 is 1.14 bits per heavy atom. The van der Waals surface area contributed by atoms with Crippen molar-refractivity contribution in [2.24, 2.45) is 0 Å². The Morgan fingerprint density at radius 3 is 2.57 bits per heavy atom. The highest BCUT2D eigenvalue weighted by Crippen LogP contribution is 2.15. The van der Waals surface area contributed by atoms with Crippen LogP contribution in [0.25, 0.3) is 5.69 Å². The average Bonchev–Trinajstić information content (AvgIpc) is 3.22. The van der Waals surface area contributed by atoms with Gasteiger partial charge in [0.1, 0.15) is 5.75 Å². The molecule has 0 spiro atoms. The number of carbonyl (C=O) groups excluding carboxylic acids is 1. The summed E-state index contributed by atoms with van der Waals surface area (Å²) in [6.07, 6.45) is 1.69. The molecule has 8 nitrogen and oxygen atoms in total. The van der Waals surface area contributed by atoms with Crippen LogP contribution in [-0.4, -0.2) is 38.3 Å². The molecule has 1 heterocycles. The molecule has 0 fully saturated rings. The lowest BCUT2D eigenvalue weighted by Crippen LogP contribution is -2.24. The van der Waals surface area contributed by atoms with Crippen LogP contribution in [0.5, 0.6) is 5.75 Å². The van der Waals surface area contributed by atoms with E-state index in [0.29, 0.717) is 5.56 Å². The third kappa shape index (κ3) is 4.38. The van der Waals surface area contributed by atoms with Gasteiger partial charge < -0.3 is 10.1 Å². The minimum atomic E-state index is -3.53. The van der Waals surface area contributed by atoms with Crippen LogP contribution in [0.2, 0.25) is 0 Å². The molecule has 0 saturated heterocycles. The molecule has 0 unspecified atom stereocenters. The number of ether oxygens (including phenoxy) is 1. The van der Waals surface area contributed by atoms with E-state index in [9.17, 15) is 13.2 Å². The number of amides is 1. The minimum absolute atomic E-state index is 0.144. The molecule has 0 saturated carbocycles. The molecule has 3 aromatic rings. The lowest BCUT2D eigenvalue weighted by atomic mass is 10.2. The van der Waals surface area contributed by atoms with E-state index in [1.807, 2.05) is 24.3 Å². The summed E-state index contributed by atoms with van der Waals surface area (Å²) in [5.41, 5.74) is 1.72. The van der Waals surface area contributed by atoms with Gasteiger partial charge in [-0.1, -0.05) is 12.1 Å². The molecule has 0 bridgehead atoms. The van der Waals surface area contributed by atoms with Crippen molar-refractivity contribution < 1.29 is 17.9 Å². The highest BCUT2D eigenvalue weighted by molar-refractivity contribution is 7.89. The zero-order chi connectivity index (χ0) is 20.1. The highest BCUT2D eigenvalue weighted by atomic mass is 32.2. The number of hydrogen-bond donors (Lipinski definition) is 2. The molecular weight excluding hydrogens is 380 g/mol. The summed E-state index contributed by atoms with van der Waals surface area (Å²) >= 11 is 0. The molecule has 2 aromatic carbocycles. The molecule has 0 aliphatic carbocycles. The van der Waals surface area contributed by atoms with E-state index in [-0.39, 0.29) is 23.0 Å². The van der Waals surface area contributed by atoms with Crippen molar-refractivity contribution in [2.75, 3.05) is 14.2 Å². The first-order chi connectivity index (χ1) is 13.4. The summed E-state index contributed by atoms with van der Waals surface area (Å²) in [4.78, 5) is 12.5. The molecule has 0 atom stereocenters. The summed E-state index contributed by atoms with van der Waals surface area (Å²) in [5, 5.41) is 7.02. The fraction of sp³-hybridized carbons (Fsp3) is 0.158. The maximum absolute atomic E-state index is 12.4. The molecule has 28 heavy (non-hydrogen) atoms. The van der Waals surface area contributed by atoms with E-state index in [1.54, 1.807) is 36.2 Å². The van der Waals surface area contributed by atoms with Crippen molar-refractivity contribution >= 4 is 15.9 Å². The number of carbonyl (C=O) groups is 1.